The fourth-order valence-corrected chi connectivity index (χ4v) is 3.98. The van der Waals surface area contributed by atoms with Crippen molar-refractivity contribution in [1.29, 1.82) is 0 Å². The zero-order valence-corrected chi connectivity index (χ0v) is 18.5. The number of carbonyl (C=O) groups excluding carboxylic acids is 2. The van der Waals surface area contributed by atoms with E-state index in [1.54, 1.807) is 55.6 Å². The molecule has 6 nitrogen and oxygen atoms in total. The molecule has 1 saturated heterocycles. The second-order valence-electron chi connectivity index (χ2n) is 7.64. The van der Waals surface area contributed by atoms with Crippen molar-refractivity contribution in [3.8, 4) is 11.5 Å². The molecule has 0 spiro atoms. The number of aliphatic hydroxyl groups is 1. The van der Waals surface area contributed by atoms with Gasteiger partial charge in [0.15, 0.2) is 0 Å². The van der Waals surface area contributed by atoms with Gasteiger partial charge in [0.2, 0.25) is 0 Å². The molecule has 1 heterocycles. The van der Waals surface area contributed by atoms with Crippen molar-refractivity contribution in [2.24, 2.45) is 0 Å². The summed E-state index contributed by atoms with van der Waals surface area (Å²) >= 11 is 0. The minimum absolute atomic E-state index is 0.0716. The summed E-state index contributed by atoms with van der Waals surface area (Å²) in [6.07, 6.45) is 0. The summed E-state index contributed by atoms with van der Waals surface area (Å²) in [5.41, 5.74) is 2.11. The summed E-state index contributed by atoms with van der Waals surface area (Å²) in [6.45, 7) is 2.68. The van der Waals surface area contributed by atoms with Gasteiger partial charge in [-0.05, 0) is 42.3 Å². The number of methoxy groups -OCH3 is 1. The number of hydrogen-bond donors (Lipinski definition) is 1. The number of rotatable bonds is 7. The van der Waals surface area contributed by atoms with Crippen molar-refractivity contribution >= 4 is 17.4 Å². The monoisotopic (exact) mass is 443 g/mol. The zero-order chi connectivity index (χ0) is 23.4. The van der Waals surface area contributed by atoms with E-state index in [0.29, 0.717) is 23.5 Å². The maximum absolute atomic E-state index is 13.1. The number of carbonyl (C=O) groups is 2. The summed E-state index contributed by atoms with van der Waals surface area (Å²) in [4.78, 5) is 27.7. The van der Waals surface area contributed by atoms with E-state index in [1.165, 1.54) is 4.90 Å². The van der Waals surface area contributed by atoms with Gasteiger partial charge in [-0.3, -0.25) is 9.59 Å². The van der Waals surface area contributed by atoms with E-state index in [1.807, 2.05) is 37.3 Å². The van der Waals surface area contributed by atoms with Crippen molar-refractivity contribution in [1.82, 2.24) is 4.90 Å². The lowest BCUT2D eigenvalue weighted by Crippen LogP contribution is -2.29. The molecule has 1 unspecified atom stereocenters. The molecular formula is C27H25NO5. The van der Waals surface area contributed by atoms with Crippen molar-refractivity contribution < 1.29 is 24.2 Å². The fraction of sp³-hybridized carbons (Fsp3) is 0.185. The minimum atomic E-state index is -0.734. The molecule has 1 atom stereocenters. The van der Waals surface area contributed by atoms with Crippen LogP contribution in [0.1, 0.15) is 29.7 Å². The van der Waals surface area contributed by atoms with Crippen LogP contribution in [0.2, 0.25) is 0 Å². The predicted octanol–water partition coefficient (Wildman–Crippen LogP) is 4.72. The molecule has 1 aliphatic heterocycles. The first-order chi connectivity index (χ1) is 16.0. The third kappa shape index (κ3) is 4.46. The van der Waals surface area contributed by atoms with Gasteiger partial charge >= 0.3 is 0 Å². The molecule has 3 aromatic rings. The summed E-state index contributed by atoms with van der Waals surface area (Å²) in [5.74, 6) is -0.154. The average molecular weight is 443 g/mol. The number of Topliss-reactive ketones (excluding diaryl/α,β-unsaturated/α-hetero) is 1. The van der Waals surface area contributed by atoms with Crippen LogP contribution in [0, 0.1) is 0 Å². The van der Waals surface area contributed by atoms with E-state index in [0.717, 1.165) is 11.3 Å². The van der Waals surface area contributed by atoms with Crippen LogP contribution in [0.25, 0.3) is 5.76 Å². The maximum Gasteiger partial charge on any atom is 0.295 e. The van der Waals surface area contributed by atoms with Crippen LogP contribution >= 0.6 is 0 Å². The lowest BCUT2D eigenvalue weighted by Gasteiger charge is -2.25. The van der Waals surface area contributed by atoms with Crippen molar-refractivity contribution in [2.45, 2.75) is 19.5 Å². The summed E-state index contributed by atoms with van der Waals surface area (Å²) < 4.78 is 10.7. The van der Waals surface area contributed by atoms with E-state index in [2.05, 4.69) is 0 Å². The first kappa shape index (κ1) is 22.1. The zero-order valence-electron chi connectivity index (χ0n) is 18.5. The highest BCUT2D eigenvalue weighted by Gasteiger charge is 2.46. The third-order valence-corrected chi connectivity index (χ3v) is 5.61. The molecule has 4 rings (SSSR count). The Kier molecular flexibility index (Phi) is 6.45. The van der Waals surface area contributed by atoms with E-state index >= 15 is 0 Å². The second kappa shape index (κ2) is 9.61. The van der Waals surface area contributed by atoms with Crippen molar-refractivity contribution in [3.05, 3.63) is 101 Å². The quantitative estimate of drug-likeness (QED) is 0.325. The Morgan fingerprint density at radius 3 is 2.15 bits per heavy atom. The van der Waals surface area contributed by atoms with Gasteiger partial charge in [-0.25, -0.2) is 0 Å². The summed E-state index contributed by atoms with van der Waals surface area (Å²) in [6, 6.07) is 22.6. The topological polar surface area (TPSA) is 76.1 Å². The SMILES string of the molecule is CCOc1ccc(CN2C(=O)C(=O)/C(=C(\O)c3ccccc3)C2c2ccc(OC)cc2)cc1. The molecule has 0 saturated carbocycles. The van der Waals surface area contributed by atoms with Crippen LogP contribution < -0.4 is 9.47 Å². The Morgan fingerprint density at radius 2 is 1.55 bits per heavy atom. The standard InChI is InChI=1S/C27H25NO5/c1-3-33-22-13-9-18(10-14-22)17-28-24(19-11-15-21(32-2)16-12-19)23(26(30)27(28)31)25(29)20-7-5-4-6-8-20/h4-16,24,29H,3,17H2,1-2H3/b25-23-. The van der Waals surface area contributed by atoms with Crippen LogP contribution in [0.3, 0.4) is 0 Å². The van der Waals surface area contributed by atoms with E-state index in [4.69, 9.17) is 9.47 Å². The van der Waals surface area contributed by atoms with E-state index < -0.39 is 17.7 Å². The van der Waals surface area contributed by atoms with Gasteiger partial charge in [0, 0.05) is 12.1 Å². The van der Waals surface area contributed by atoms with Gasteiger partial charge in [-0.15, -0.1) is 0 Å². The molecule has 33 heavy (non-hydrogen) atoms. The number of ether oxygens (including phenoxy) is 2. The number of benzene rings is 3. The molecule has 1 aliphatic rings. The van der Waals surface area contributed by atoms with Gasteiger partial charge < -0.3 is 19.5 Å². The first-order valence-electron chi connectivity index (χ1n) is 10.7. The second-order valence-corrected chi connectivity index (χ2v) is 7.64. The highest BCUT2D eigenvalue weighted by atomic mass is 16.5. The first-order valence-corrected chi connectivity index (χ1v) is 10.7. The van der Waals surface area contributed by atoms with Crippen LogP contribution in [-0.2, 0) is 16.1 Å². The van der Waals surface area contributed by atoms with Crippen LogP contribution in [0.4, 0.5) is 0 Å². The summed E-state index contributed by atoms with van der Waals surface area (Å²) in [7, 11) is 1.57. The predicted molar refractivity (Wildman–Crippen MR) is 125 cm³/mol. The van der Waals surface area contributed by atoms with E-state index in [-0.39, 0.29) is 17.9 Å². The van der Waals surface area contributed by atoms with Crippen molar-refractivity contribution in [2.75, 3.05) is 13.7 Å². The third-order valence-electron chi connectivity index (χ3n) is 5.61. The Hall–Kier alpha value is -4.06. The van der Waals surface area contributed by atoms with Gasteiger partial charge in [0.05, 0.1) is 25.3 Å². The Labute approximate surface area is 192 Å². The fourth-order valence-electron chi connectivity index (χ4n) is 3.98. The number of likely N-dealkylation sites (tertiary alicyclic amines) is 1. The molecule has 0 aliphatic carbocycles. The molecule has 0 bridgehead atoms. The van der Waals surface area contributed by atoms with E-state index in [9.17, 15) is 14.7 Å². The van der Waals surface area contributed by atoms with Gasteiger partial charge in [0.1, 0.15) is 17.3 Å². The molecule has 168 valence electrons. The molecule has 1 fully saturated rings. The normalized spacial score (nSPS) is 17.3. The molecule has 0 aromatic heterocycles. The number of amides is 1. The highest BCUT2D eigenvalue weighted by Crippen LogP contribution is 2.40. The van der Waals surface area contributed by atoms with Crippen LogP contribution in [0.15, 0.2) is 84.4 Å². The Bertz CT molecular complexity index is 1170. The molecule has 0 radical (unpaired) electrons. The smallest absolute Gasteiger partial charge is 0.295 e. The molecule has 6 heteroatoms. The number of aliphatic hydroxyl groups excluding tert-OH is 1. The van der Waals surface area contributed by atoms with Gasteiger partial charge in [-0.1, -0.05) is 54.6 Å². The molecule has 1 amide bonds. The molecule has 3 aromatic carbocycles. The van der Waals surface area contributed by atoms with Crippen molar-refractivity contribution in [3.63, 3.8) is 0 Å². The Balaban J connectivity index is 1.78. The maximum atomic E-state index is 13.1. The Morgan fingerprint density at radius 1 is 0.909 bits per heavy atom. The number of ketones is 1. The molecule has 1 N–H and O–H groups in total. The number of hydrogen-bond acceptors (Lipinski definition) is 5. The number of nitrogens with zero attached hydrogens (tertiary/aromatic N) is 1. The highest BCUT2D eigenvalue weighted by molar-refractivity contribution is 6.46. The lowest BCUT2D eigenvalue weighted by molar-refractivity contribution is -0.140. The molecular weight excluding hydrogens is 418 g/mol. The minimum Gasteiger partial charge on any atom is -0.507 e. The largest absolute Gasteiger partial charge is 0.507 e. The lowest BCUT2D eigenvalue weighted by atomic mass is 9.95. The van der Waals surface area contributed by atoms with Crippen LogP contribution in [-0.4, -0.2) is 35.4 Å². The van der Waals surface area contributed by atoms with Crippen LogP contribution in [0.5, 0.6) is 11.5 Å². The van der Waals surface area contributed by atoms with Gasteiger partial charge in [0.25, 0.3) is 11.7 Å². The average Bonchev–Trinajstić information content (AvgIpc) is 3.10. The van der Waals surface area contributed by atoms with Gasteiger partial charge in [-0.2, -0.15) is 0 Å². The summed E-state index contributed by atoms with van der Waals surface area (Å²) in [5, 5.41) is 11.1.